The molecule has 0 unspecified atom stereocenters. The summed E-state index contributed by atoms with van der Waals surface area (Å²) in [6, 6.07) is 31.6. The summed E-state index contributed by atoms with van der Waals surface area (Å²) < 4.78 is 41.9. The number of aryl methyl sites for hydroxylation is 1. The second-order valence-electron chi connectivity index (χ2n) is 8.68. The van der Waals surface area contributed by atoms with Crippen molar-refractivity contribution in [3.05, 3.63) is 154 Å². The second kappa shape index (κ2) is 10.4. The fourth-order valence-corrected chi connectivity index (χ4v) is 5.30. The summed E-state index contributed by atoms with van der Waals surface area (Å²) in [5.41, 5.74) is 6.61. The monoisotopic (exact) mass is 494 g/mol. The van der Waals surface area contributed by atoms with Crippen LogP contribution >= 0.6 is 11.3 Å². The van der Waals surface area contributed by atoms with Gasteiger partial charge in [-0.2, -0.15) is 0 Å². The van der Waals surface area contributed by atoms with Crippen molar-refractivity contribution in [1.29, 1.82) is 0 Å². The van der Waals surface area contributed by atoms with Gasteiger partial charge in [-0.1, -0.05) is 88.7 Å². The van der Waals surface area contributed by atoms with E-state index in [0.717, 1.165) is 43.5 Å². The highest BCUT2D eigenvalue weighted by Crippen LogP contribution is 2.36. The molecule has 5 heteroatoms. The van der Waals surface area contributed by atoms with Crippen molar-refractivity contribution in [1.82, 2.24) is 0 Å². The standard InChI is InChI=1S/C31H22BF3S/c1-21-4-6-22(7-5-21)30(29-3-2-20-36-29)31(23-8-14-26(33)15-9-23)32(24-10-16-27(34)17-11-24)25-12-18-28(35)19-13-25/h2-20H,1H3/b31-30-. The minimum absolute atomic E-state index is 0.328. The maximum absolute atomic E-state index is 14.0. The summed E-state index contributed by atoms with van der Waals surface area (Å²) in [4.78, 5) is 1.05. The maximum Gasteiger partial charge on any atom is 0.242 e. The van der Waals surface area contributed by atoms with E-state index in [1.54, 1.807) is 47.7 Å². The summed E-state index contributed by atoms with van der Waals surface area (Å²) in [6.45, 7) is 1.68. The maximum atomic E-state index is 14.0. The summed E-state index contributed by atoms with van der Waals surface area (Å²) in [5.74, 6) is -0.993. The van der Waals surface area contributed by atoms with Crippen molar-refractivity contribution >= 4 is 40.0 Å². The highest BCUT2D eigenvalue weighted by molar-refractivity contribution is 7.12. The fraction of sp³-hybridized carbons (Fsp3) is 0.0323. The largest absolute Gasteiger partial charge is 0.242 e. The van der Waals surface area contributed by atoms with Crippen LogP contribution < -0.4 is 10.9 Å². The molecule has 5 rings (SSSR count). The molecule has 0 nitrogen and oxygen atoms in total. The van der Waals surface area contributed by atoms with Crippen LogP contribution in [0, 0.1) is 24.4 Å². The Hall–Kier alpha value is -3.83. The zero-order valence-corrected chi connectivity index (χ0v) is 20.4. The van der Waals surface area contributed by atoms with Gasteiger partial charge in [-0.25, -0.2) is 13.2 Å². The lowest BCUT2D eigenvalue weighted by atomic mass is 9.34. The highest BCUT2D eigenvalue weighted by atomic mass is 32.1. The molecule has 1 aromatic heterocycles. The first-order valence-corrected chi connectivity index (χ1v) is 12.5. The van der Waals surface area contributed by atoms with E-state index < -0.39 is 0 Å². The van der Waals surface area contributed by atoms with Crippen LogP contribution in [0.5, 0.6) is 0 Å². The highest BCUT2D eigenvalue weighted by Gasteiger charge is 2.29. The first kappa shape index (κ1) is 23.9. The van der Waals surface area contributed by atoms with Crippen LogP contribution in [0.25, 0.3) is 11.0 Å². The van der Waals surface area contributed by atoms with Gasteiger partial charge in [0.2, 0.25) is 6.71 Å². The lowest BCUT2D eigenvalue weighted by Crippen LogP contribution is -2.44. The topological polar surface area (TPSA) is 0 Å². The third-order valence-electron chi connectivity index (χ3n) is 6.23. The molecule has 176 valence electrons. The van der Waals surface area contributed by atoms with Gasteiger partial charge < -0.3 is 0 Å². The van der Waals surface area contributed by atoms with Crippen molar-refractivity contribution in [2.24, 2.45) is 0 Å². The molecule has 0 atom stereocenters. The minimum Gasteiger partial charge on any atom is -0.207 e. The summed E-state index contributed by atoms with van der Waals surface area (Å²) >= 11 is 1.62. The van der Waals surface area contributed by atoms with Crippen LogP contribution in [0.2, 0.25) is 0 Å². The molecule has 0 N–H and O–H groups in total. The predicted molar refractivity (Wildman–Crippen MR) is 146 cm³/mol. The molecule has 1 heterocycles. The number of hydrogen-bond acceptors (Lipinski definition) is 1. The Morgan fingerprint density at radius 3 is 1.53 bits per heavy atom. The normalized spacial score (nSPS) is 11.8. The smallest absolute Gasteiger partial charge is 0.207 e. The Labute approximate surface area is 213 Å². The van der Waals surface area contributed by atoms with Gasteiger partial charge >= 0.3 is 0 Å². The third-order valence-corrected chi connectivity index (χ3v) is 7.12. The molecule has 0 radical (unpaired) electrons. The van der Waals surface area contributed by atoms with Gasteiger partial charge in [-0.15, -0.1) is 11.3 Å². The van der Waals surface area contributed by atoms with E-state index in [9.17, 15) is 13.2 Å². The van der Waals surface area contributed by atoms with E-state index in [0.29, 0.717) is 0 Å². The Morgan fingerprint density at radius 1 is 0.583 bits per heavy atom. The number of hydrogen-bond donors (Lipinski definition) is 0. The van der Waals surface area contributed by atoms with Crippen LogP contribution in [-0.2, 0) is 0 Å². The third kappa shape index (κ3) is 5.07. The zero-order chi connectivity index (χ0) is 25.1. The van der Waals surface area contributed by atoms with Crippen LogP contribution in [-0.4, -0.2) is 6.71 Å². The number of rotatable bonds is 6. The van der Waals surface area contributed by atoms with Gasteiger partial charge in [-0.3, -0.25) is 0 Å². The Kier molecular flexibility index (Phi) is 6.92. The Balaban J connectivity index is 1.89. The first-order valence-electron chi connectivity index (χ1n) is 11.6. The molecule has 0 aliphatic rings. The lowest BCUT2D eigenvalue weighted by Gasteiger charge is -2.24. The SMILES string of the molecule is Cc1ccc(/C(=C(/B(c2ccc(F)cc2)c2ccc(F)cc2)c2ccc(F)cc2)c2cccs2)cc1. The van der Waals surface area contributed by atoms with Crippen molar-refractivity contribution in [2.75, 3.05) is 0 Å². The van der Waals surface area contributed by atoms with E-state index in [1.807, 2.05) is 18.4 Å². The van der Waals surface area contributed by atoms with Gasteiger partial charge in [0, 0.05) is 4.88 Å². The van der Waals surface area contributed by atoms with E-state index in [1.165, 1.54) is 36.4 Å². The number of halogens is 3. The molecule has 0 spiro atoms. The molecular weight excluding hydrogens is 472 g/mol. The van der Waals surface area contributed by atoms with Crippen molar-refractivity contribution in [3.63, 3.8) is 0 Å². The minimum atomic E-state index is -0.366. The molecule has 0 fully saturated rings. The molecule has 5 aromatic rings. The van der Waals surface area contributed by atoms with Gasteiger partial charge in [0.15, 0.2) is 0 Å². The molecule has 0 aliphatic carbocycles. The lowest BCUT2D eigenvalue weighted by molar-refractivity contribution is 0.627. The molecule has 0 bridgehead atoms. The summed E-state index contributed by atoms with van der Waals surface area (Å²) in [5, 5.41) is 2.02. The van der Waals surface area contributed by atoms with E-state index in [4.69, 9.17) is 0 Å². The summed E-state index contributed by atoms with van der Waals surface area (Å²) in [7, 11) is 0. The Morgan fingerprint density at radius 2 is 1.06 bits per heavy atom. The molecule has 4 aromatic carbocycles. The average molecular weight is 494 g/mol. The van der Waals surface area contributed by atoms with Crippen LogP contribution in [0.1, 0.15) is 21.6 Å². The second-order valence-corrected chi connectivity index (χ2v) is 9.62. The first-order chi connectivity index (χ1) is 17.5. The molecular formula is C31H22BF3S. The number of benzene rings is 4. The zero-order valence-electron chi connectivity index (χ0n) is 19.6. The molecule has 0 aliphatic heterocycles. The average Bonchev–Trinajstić information content (AvgIpc) is 3.42. The quantitative estimate of drug-likeness (QED) is 0.172. The van der Waals surface area contributed by atoms with Gasteiger partial charge in [0.1, 0.15) is 17.5 Å². The van der Waals surface area contributed by atoms with Gasteiger partial charge in [0.05, 0.1) is 0 Å². The molecule has 0 saturated heterocycles. The van der Waals surface area contributed by atoms with Gasteiger partial charge in [-0.05, 0) is 71.5 Å². The van der Waals surface area contributed by atoms with Crippen molar-refractivity contribution < 1.29 is 13.2 Å². The van der Waals surface area contributed by atoms with Crippen LogP contribution in [0.4, 0.5) is 13.2 Å². The molecule has 0 saturated carbocycles. The van der Waals surface area contributed by atoms with Crippen LogP contribution in [0.3, 0.4) is 0 Å². The molecule has 0 amide bonds. The van der Waals surface area contributed by atoms with E-state index >= 15 is 0 Å². The number of thiophene rings is 1. The Bertz CT molecular complexity index is 1420. The van der Waals surface area contributed by atoms with Gasteiger partial charge in [0.25, 0.3) is 0 Å². The van der Waals surface area contributed by atoms with Crippen molar-refractivity contribution in [3.8, 4) is 0 Å². The predicted octanol–water partition coefficient (Wildman–Crippen LogP) is 7.28. The van der Waals surface area contributed by atoms with E-state index in [2.05, 4.69) is 30.3 Å². The molecule has 36 heavy (non-hydrogen) atoms. The van der Waals surface area contributed by atoms with E-state index in [-0.39, 0.29) is 24.2 Å². The van der Waals surface area contributed by atoms with Crippen LogP contribution in [0.15, 0.2) is 115 Å². The summed E-state index contributed by atoms with van der Waals surface area (Å²) in [6.07, 6.45) is 0. The fourth-order valence-electron chi connectivity index (χ4n) is 4.49. The van der Waals surface area contributed by atoms with Crippen molar-refractivity contribution in [2.45, 2.75) is 6.92 Å².